The number of benzene rings is 1. The van der Waals surface area contributed by atoms with Crippen molar-refractivity contribution in [1.29, 1.82) is 0 Å². The largest absolute Gasteiger partial charge is 0.325 e. The average Bonchev–Trinajstić information content (AvgIpc) is 2.98. The molecule has 3 rings (SSSR count). The highest BCUT2D eigenvalue weighted by atomic mass is 16.2. The Bertz CT molecular complexity index is 744. The maximum absolute atomic E-state index is 12.6. The quantitative estimate of drug-likeness (QED) is 0.900. The summed E-state index contributed by atoms with van der Waals surface area (Å²) in [7, 11) is 0. The fourth-order valence-corrected chi connectivity index (χ4v) is 2.59. The van der Waals surface area contributed by atoms with E-state index in [4.69, 9.17) is 5.73 Å². The summed E-state index contributed by atoms with van der Waals surface area (Å²) in [5.41, 5.74) is 8.72. The van der Waals surface area contributed by atoms with Gasteiger partial charge in [-0.05, 0) is 49.2 Å². The maximum atomic E-state index is 12.6. The Morgan fingerprint density at radius 1 is 1.35 bits per heavy atom. The van der Waals surface area contributed by atoms with Crippen molar-refractivity contribution in [2.45, 2.75) is 19.4 Å². The maximum Gasteiger partial charge on any atom is 0.259 e. The van der Waals surface area contributed by atoms with Gasteiger partial charge in [0.25, 0.3) is 5.91 Å². The van der Waals surface area contributed by atoms with E-state index in [9.17, 15) is 9.59 Å². The lowest BCUT2D eigenvalue weighted by molar-refractivity contribution is -0.117. The summed E-state index contributed by atoms with van der Waals surface area (Å²) in [4.78, 5) is 30.0. The van der Waals surface area contributed by atoms with Gasteiger partial charge in [-0.15, -0.1) is 0 Å². The Balaban J connectivity index is 1.81. The van der Waals surface area contributed by atoms with Crippen LogP contribution in [0.3, 0.4) is 0 Å². The zero-order valence-corrected chi connectivity index (χ0v) is 12.8. The number of pyridine rings is 1. The zero-order chi connectivity index (χ0) is 16.4. The highest BCUT2D eigenvalue weighted by molar-refractivity contribution is 6.07. The second kappa shape index (κ2) is 6.18. The minimum absolute atomic E-state index is 0.0655. The van der Waals surface area contributed by atoms with Gasteiger partial charge in [-0.25, -0.2) is 0 Å². The lowest BCUT2D eigenvalue weighted by Gasteiger charge is -2.17. The molecule has 0 aliphatic carbocycles. The van der Waals surface area contributed by atoms with Gasteiger partial charge >= 0.3 is 0 Å². The van der Waals surface area contributed by atoms with Crippen LogP contribution >= 0.6 is 0 Å². The molecule has 2 amide bonds. The second-order valence-corrected chi connectivity index (χ2v) is 5.57. The summed E-state index contributed by atoms with van der Waals surface area (Å²) in [6.07, 6.45) is 3.96. The summed E-state index contributed by atoms with van der Waals surface area (Å²) in [5, 5.41) is 2.77. The Morgan fingerprint density at radius 2 is 2.17 bits per heavy atom. The fraction of sp³-hybridized carbons (Fsp3) is 0.235. The number of anilines is 2. The van der Waals surface area contributed by atoms with E-state index in [1.54, 1.807) is 42.4 Å². The summed E-state index contributed by atoms with van der Waals surface area (Å²) in [6.45, 7) is 2.25. The van der Waals surface area contributed by atoms with E-state index < -0.39 is 6.04 Å². The molecule has 0 saturated heterocycles. The van der Waals surface area contributed by atoms with Crippen molar-refractivity contribution >= 4 is 23.2 Å². The van der Waals surface area contributed by atoms with Crippen molar-refractivity contribution in [3.63, 3.8) is 0 Å². The molecule has 6 nitrogen and oxygen atoms in total. The van der Waals surface area contributed by atoms with E-state index in [1.165, 1.54) is 0 Å². The average molecular weight is 310 g/mol. The molecule has 2 aromatic rings. The van der Waals surface area contributed by atoms with Crippen LogP contribution in [0.5, 0.6) is 0 Å². The number of carbonyl (C=O) groups is 2. The molecule has 118 valence electrons. The van der Waals surface area contributed by atoms with Crippen LogP contribution < -0.4 is 16.0 Å². The molecule has 1 atom stereocenters. The van der Waals surface area contributed by atoms with Gasteiger partial charge in [0.2, 0.25) is 5.91 Å². The number of amides is 2. The molecule has 1 aromatic carbocycles. The molecule has 0 spiro atoms. The molecule has 0 saturated carbocycles. The van der Waals surface area contributed by atoms with Crippen molar-refractivity contribution < 1.29 is 9.59 Å². The Labute approximate surface area is 134 Å². The smallest absolute Gasteiger partial charge is 0.259 e. The van der Waals surface area contributed by atoms with Crippen LogP contribution in [0.4, 0.5) is 11.4 Å². The van der Waals surface area contributed by atoms with E-state index in [2.05, 4.69) is 10.3 Å². The lowest BCUT2D eigenvalue weighted by atomic mass is 10.1. The first kappa shape index (κ1) is 15.2. The van der Waals surface area contributed by atoms with Crippen LogP contribution in [0.1, 0.15) is 22.8 Å². The highest BCUT2D eigenvalue weighted by Crippen LogP contribution is 2.31. The highest BCUT2D eigenvalue weighted by Gasteiger charge is 2.26. The predicted octanol–water partition coefficient (Wildman–Crippen LogP) is 1.57. The normalized spacial score (nSPS) is 14.3. The standard InChI is InChI=1S/C17H18N4O2/c1-11(18)16(22)20-14-4-5-15-12(9-14)6-8-21(15)17(23)13-3-2-7-19-10-13/h2-5,7,9-11H,6,8,18H2,1H3,(H,20,22)/t11-/m0/s1. The van der Waals surface area contributed by atoms with Crippen molar-refractivity contribution in [1.82, 2.24) is 4.98 Å². The summed E-state index contributed by atoms with van der Waals surface area (Å²) < 4.78 is 0. The third-order valence-corrected chi connectivity index (χ3v) is 3.81. The van der Waals surface area contributed by atoms with Crippen LogP contribution in [-0.2, 0) is 11.2 Å². The van der Waals surface area contributed by atoms with Gasteiger partial charge in [-0.3, -0.25) is 14.6 Å². The Kier molecular flexibility index (Phi) is 4.08. The van der Waals surface area contributed by atoms with Gasteiger partial charge in [0.15, 0.2) is 0 Å². The first-order valence-corrected chi connectivity index (χ1v) is 7.47. The SMILES string of the molecule is C[C@H](N)C(=O)Nc1ccc2c(c1)CCN2C(=O)c1cccnc1. The molecule has 1 aliphatic heterocycles. The van der Waals surface area contributed by atoms with Crippen LogP contribution in [0, 0.1) is 0 Å². The van der Waals surface area contributed by atoms with Crippen molar-refractivity contribution in [2.24, 2.45) is 5.73 Å². The van der Waals surface area contributed by atoms with Gasteiger partial charge in [-0.2, -0.15) is 0 Å². The number of fused-ring (bicyclic) bond motifs is 1. The van der Waals surface area contributed by atoms with Gasteiger partial charge in [-0.1, -0.05) is 0 Å². The summed E-state index contributed by atoms with van der Waals surface area (Å²) >= 11 is 0. The van der Waals surface area contributed by atoms with Gasteiger partial charge in [0, 0.05) is 30.3 Å². The number of nitrogens with zero attached hydrogens (tertiary/aromatic N) is 2. The van der Waals surface area contributed by atoms with Gasteiger partial charge < -0.3 is 16.0 Å². The number of carbonyl (C=O) groups excluding carboxylic acids is 2. The van der Waals surface area contributed by atoms with E-state index >= 15 is 0 Å². The molecule has 0 bridgehead atoms. The summed E-state index contributed by atoms with van der Waals surface area (Å²) in [5.74, 6) is -0.296. The molecular formula is C17H18N4O2. The first-order chi connectivity index (χ1) is 11.1. The molecular weight excluding hydrogens is 292 g/mol. The Hall–Kier alpha value is -2.73. The van der Waals surface area contributed by atoms with Gasteiger partial charge in [0.05, 0.1) is 11.6 Å². The topological polar surface area (TPSA) is 88.3 Å². The van der Waals surface area contributed by atoms with Crippen LogP contribution in [0.2, 0.25) is 0 Å². The number of nitrogens with one attached hydrogen (secondary N) is 1. The summed E-state index contributed by atoms with van der Waals surface area (Å²) in [6, 6.07) is 8.47. The third-order valence-electron chi connectivity index (χ3n) is 3.81. The molecule has 3 N–H and O–H groups in total. The van der Waals surface area contributed by atoms with Crippen molar-refractivity contribution in [3.8, 4) is 0 Å². The third kappa shape index (κ3) is 3.07. The van der Waals surface area contributed by atoms with Crippen LogP contribution in [0.25, 0.3) is 0 Å². The van der Waals surface area contributed by atoms with Crippen LogP contribution in [0.15, 0.2) is 42.7 Å². The number of nitrogens with two attached hydrogens (primary N) is 1. The second-order valence-electron chi connectivity index (χ2n) is 5.57. The molecule has 1 aromatic heterocycles. The molecule has 23 heavy (non-hydrogen) atoms. The minimum atomic E-state index is -0.563. The molecule has 0 radical (unpaired) electrons. The number of hydrogen-bond acceptors (Lipinski definition) is 4. The zero-order valence-electron chi connectivity index (χ0n) is 12.8. The predicted molar refractivity (Wildman–Crippen MR) is 88.3 cm³/mol. The van der Waals surface area contributed by atoms with Crippen LogP contribution in [-0.4, -0.2) is 29.4 Å². The molecule has 0 unspecified atom stereocenters. The molecule has 0 fully saturated rings. The van der Waals surface area contributed by atoms with E-state index in [0.717, 1.165) is 17.7 Å². The molecule has 2 heterocycles. The number of hydrogen-bond donors (Lipinski definition) is 2. The van der Waals surface area contributed by atoms with E-state index in [0.29, 0.717) is 17.8 Å². The lowest BCUT2D eigenvalue weighted by Crippen LogP contribution is -2.32. The fourth-order valence-electron chi connectivity index (χ4n) is 2.59. The van der Waals surface area contributed by atoms with Gasteiger partial charge in [0.1, 0.15) is 0 Å². The Morgan fingerprint density at radius 3 is 2.87 bits per heavy atom. The first-order valence-electron chi connectivity index (χ1n) is 7.47. The van der Waals surface area contributed by atoms with E-state index in [-0.39, 0.29) is 11.8 Å². The monoisotopic (exact) mass is 310 g/mol. The van der Waals surface area contributed by atoms with Crippen molar-refractivity contribution in [3.05, 3.63) is 53.9 Å². The number of aromatic nitrogens is 1. The minimum Gasteiger partial charge on any atom is -0.325 e. The number of rotatable bonds is 3. The molecule has 6 heteroatoms. The van der Waals surface area contributed by atoms with E-state index in [1.807, 2.05) is 12.1 Å². The van der Waals surface area contributed by atoms with Crippen molar-refractivity contribution in [2.75, 3.05) is 16.8 Å². The molecule has 1 aliphatic rings.